The van der Waals surface area contributed by atoms with E-state index in [0.29, 0.717) is 27.7 Å². The quantitative estimate of drug-likeness (QED) is 0.672. The Morgan fingerprint density at radius 3 is 2.41 bits per heavy atom. The number of nitrogens with one attached hydrogen (secondary N) is 2. The van der Waals surface area contributed by atoms with Crippen LogP contribution in [0.2, 0.25) is 5.02 Å². The summed E-state index contributed by atoms with van der Waals surface area (Å²) in [4.78, 5) is 39.9. The van der Waals surface area contributed by atoms with E-state index < -0.39 is 5.60 Å². The Hall–Kier alpha value is -3.06. The largest absolute Gasteiger partial charge is 0.476 e. The molecular weight excluding hydrogens is 430 g/mol. The van der Waals surface area contributed by atoms with Gasteiger partial charge in [0.1, 0.15) is 12.3 Å². The second kappa shape index (κ2) is 8.82. The van der Waals surface area contributed by atoms with Crippen molar-refractivity contribution in [1.82, 2.24) is 5.32 Å². The van der Waals surface area contributed by atoms with E-state index in [2.05, 4.69) is 10.6 Å². The fourth-order valence-electron chi connectivity index (χ4n) is 3.21. The number of hydrogen-bond acceptors (Lipinski definition) is 4. The first-order valence-electron chi connectivity index (χ1n) is 10.4. The van der Waals surface area contributed by atoms with Gasteiger partial charge in [0.2, 0.25) is 5.91 Å². The maximum atomic E-state index is 13.1. The van der Waals surface area contributed by atoms with Gasteiger partial charge in [-0.05, 0) is 76.6 Å². The molecule has 1 aliphatic rings. The lowest BCUT2D eigenvalue weighted by Gasteiger charge is -2.38. The highest BCUT2D eigenvalue weighted by molar-refractivity contribution is 6.30. The standard InChI is InChI=1S/C24H28ClN3O4/c1-6-23(2,3)27-21(30)15-7-12-19-18(13-15)28(22(31)24(4,5)32-19)14-20(29)26-17-10-8-16(25)9-11-17/h7-13H,6,14H2,1-5H3,(H,26,29)(H,27,30). The van der Waals surface area contributed by atoms with Gasteiger partial charge in [0.15, 0.2) is 5.60 Å². The smallest absolute Gasteiger partial charge is 0.271 e. The summed E-state index contributed by atoms with van der Waals surface area (Å²) in [5.41, 5.74) is -0.206. The minimum atomic E-state index is -1.15. The molecule has 7 nitrogen and oxygen atoms in total. The molecule has 3 amide bonds. The molecule has 0 atom stereocenters. The van der Waals surface area contributed by atoms with Crippen molar-refractivity contribution in [3.8, 4) is 5.75 Å². The van der Waals surface area contributed by atoms with Crippen LogP contribution in [0.5, 0.6) is 5.75 Å². The number of carbonyl (C=O) groups excluding carboxylic acids is 3. The van der Waals surface area contributed by atoms with E-state index in [-0.39, 0.29) is 29.8 Å². The third-order valence-corrected chi connectivity index (χ3v) is 5.65. The van der Waals surface area contributed by atoms with Gasteiger partial charge in [-0.15, -0.1) is 0 Å². The number of carbonyl (C=O) groups is 3. The van der Waals surface area contributed by atoms with Gasteiger partial charge in [-0.1, -0.05) is 18.5 Å². The Morgan fingerprint density at radius 2 is 1.78 bits per heavy atom. The number of ether oxygens (including phenoxy) is 1. The number of hydrogen-bond donors (Lipinski definition) is 2. The SMILES string of the molecule is CCC(C)(C)NC(=O)c1ccc2c(c1)N(CC(=O)Nc1ccc(Cl)cc1)C(=O)C(C)(C)O2. The van der Waals surface area contributed by atoms with Gasteiger partial charge in [-0.25, -0.2) is 0 Å². The number of benzene rings is 2. The normalized spacial score (nSPS) is 14.9. The van der Waals surface area contributed by atoms with E-state index in [1.807, 2.05) is 20.8 Å². The van der Waals surface area contributed by atoms with Crippen molar-refractivity contribution in [1.29, 1.82) is 0 Å². The molecule has 32 heavy (non-hydrogen) atoms. The van der Waals surface area contributed by atoms with Gasteiger partial charge in [0.25, 0.3) is 11.8 Å². The molecular formula is C24H28ClN3O4. The van der Waals surface area contributed by atoms with Gasteiger partial charge in [0, 0.05) is 21.8 Å². The number of anilines is 2. The maximum absolute atomic E-state index is 13.1. The van der Waals surface area contributed by atoms with E-state index in [4.69, 9.17) is 16.3 Å². The van der Waals surface area contributed by atoms with E-state index in [1.54, 1.807) is 56.3 Å². The first-order chi connectivity index (χ1) is 14.9. The van der Waals surface area contributed by atoms with Crippen molar-refractivity contribution in [2.24, 2.45) is 0 Å². The molecule has 2 aromatic carbocycles. The van der Waals surface area contributed by atoms with Crippen molar-refractivity contribution in [2.75, 3.05) is 16.8 Å². The molecule has 3 rings (SSSR count). The van der Waals surface area contributed by atoms with Crippen LogP contribution >= 0.6 is 11.6 Å². The molecule has 170 valence electrons. The van der Waals surface area contributed by atoms with E-state index in [0.717, 1.165) is 6.42 Å². The van der Waals surface area contributed by atoms with E-state index in [9.17, 15) is 14.4 Å². The molecule has 0 spiro atoms. The minimum absolute atomic E-state index is 0.229. The van der Waals surface area contributed by atoms with Gasteiger partial charge >= 0.3 is 0 Å². The summed E-state index contributed by atoms with van der Waals surface area (Å²) < 4.78 is 5.86. The van der Waals surface area contributed by atoms with Gasteiger partial charge < -0.3 is 15.4 Å². The van der Waals surface area contributed by atoms with E-state index in [1.165, 1.54) is 4.90 Å². The monoisotopic (exact) mass is 457 g/mol. The highest BCUT2D eigenvalue weighted by atomic mass is 35.5. The summed E-state index contributed by atoms with van der Waals surface area (Å²) in [5.74, 6) is -0.586. The third-order valence-electron chi connectivity index (χ3n) is 5.40. The minimum Gasteiger partial charge on any atom is -0.476 e. The molecule has 0 unspecified atom stereocenters. The van der Waals surface area contributed by atoms with Crippen molar-refractivity contribution >= 4 is 40.7 Å². The van der Waals surface area contributed by atoms with Crippen molar-refractivity contribution in [3.05, 3.63) is 53.1 Å². The van der Waals surface area contributed by atoms with Crippen LogP contribution in [-0.4, -0.2) is 35.4 Å². The Morgan fingerprint density at radius 1 is 1.12 bits per heavy atom. The lowest BCUT2D eigenvalue weighted by atomic mass is 10.00. The summed E-state index contributed by atoms with van der Waals surface area (Å²) in [5, 5.41) is 6.29. The Labute approximate surface area is 193 Å². The zero-order chi connectivity index (χ0) is 23.7. The number of rotatable bonds is 6. The van der Waals surface area contributed by atoms with Crippen molar-refractivity contribution in [3.63, 3.8) is 0 Å². The number of nitrogens with zero attached hydrogens (tertiary/aromatic N) is 1. The first kappa shape index (κ1) is 23.6. The predicted octanol–water partition coefficient (Wildman–Crippen LogP) is 4.40. The second-order valence-electron chi connectivity index (χ2n) is 8.93. The molecule has 1 heterocycles. The lowest BCUT2D eigenvalue weighted by molar-refractivity contribution is -0.133. The molecule has 0 fully saturated rings. The highest BCUT2D eigenvalue weighted by Crippen LogP contribution is 2.38. The number of amides is 3. The molecule has 2 N–H and O–H groups in total. The first-order valence-corrected chi connectivity index (χ1v) is 10.8. The highest BCUT2D eigenvalue weighted by Gasteiger charge is 2.42. The molecule has 0 aliphatic carbocycles. The lowest BCUT2D eigenvalue weighted by Crippen LogP contribution is -2.54. The third kappa shape index (κ3) is 5.22. The van der Waals surface area contributed by atoms with Gasteiger partial charge in [-0.2, -0.15) is 0 Å². The summed E-state index contributed by atoms with van der Waals surface area (Å²) >= 11 is 5.89. The number of halogens is 1. The van der Waals surface area contributed by atoms with Crippen LogP contribution in [0.1, 0.15) is 51.4 Å². The average molecular weight is 458 g/mol. The van der Waals surface area contributed by atoms with Crippen LogP contribution in [0.25, 0.3) is 0 Å². The Kier molecular flexibility index (Phi) is 6.51. The van der Waals surface area contributed by atoms with Crippen LogP contribution in [0, 0.1) is 0 Å². The van der Waals surface area contributed by atoms with Gasteiger partial charge in [-0.3, -0.25) is 19.3 Å². The van der Waals surface area contributed by atoms with Crippen LogP contribution in [0.15, 0.2) is 42.5 Å². The molecule has 0 aromatic heterocycles. The van der Waals surface area contributed by atoms with E-state index >= 15 is 0 Å². The molecule has 0 bridgehead atoms. The van der Waals surface area contributed by atoms with Crippen molar-refractivity contribution in [2.45, 2.75) is 52.2 Å². The molecule has 0 saturated carbocycles. The fourth-order valence-corrected chi connectivity index (χ4v) is 3.34. The maximum Gasteiger partial charge on any atom is 0.271 e. The van der Waals surface area contributed by atoms with Crippen LogP contribution in [-0.2, 0) is 9.59 Å². The molecule has 1 aliphatic heterocycles. The zero-order valence-electron chi connectivity index (χ0n) is 18.9. The molecule has 0 saturated heterocycles. The summed E-state index contributed by atoms with van der Waals surface area (Å²) in [7, 11) is 0. The zero-order valence-corrected chi connectivity index (χ0v) is 19.7. The number of fused-ring (bicyclic) bond motifs is 1. The van der Waals surface area contributed by atoms with Crippen LogP contribution in [0.4, 0.5) is 11.4 Å². The average Bonchev–Trinajstić information content (AvgIpc) is 2.72. The van der Waals surface area contributed by atoms with Crippen molar-refractivity contribution < 1.29 is 19.1 Å². The molecule has 8 heteroatoms. The predicted molar refractivity (Wildman–Crippen MR) is 125 cm³/mol. The van der Waals surface area contributed by atoms with Crippen LogP contribution < -0.4 is 20.3 Å². The topological polar surface area (TPSA) is 87.7 Å². The Bertz CT molecular complexity index is 1050. The fraction of sp³-hybridized carbons (Fsp3) is 0.375. The summed E-state index contributed by atoms with van der Waals surface area (Å²) in [6, 6.07) is 11.6. The summed E-state index contributed by atoms with van der Waals surface area (Å²) in [6.07, 6.45) is 0.760. The Balaban J connectivity index is 1.88. The van der Waals surface area contributed by atoms with Gasteiger partial charge in [0.05, 0.1) is 5.69 Å². The molecule has 0 radical (unpaired) electrons. The van der Waals surface area contributed by atoms with Crippen LogP contribution in [0.3, 0.4) is 0 Å². The molecule has 2 aromatic rings. The summed E-state index contributed by atoms with van der Waals surface area (Å²) in [6.45, 7) is 8.92. The second-order valence-corrected chi connectivity index (χ2v) is 9.37.